The number of ether oxygens (including phenoxy) is 1. The number of methoxy groups -OCH3 is 1. The molecule has 0 saturated carbocycles. The topological polar surface area (TPSA) is 126 Å². The van der Waals surface area contributed by atoms with Crippen LogP contribution in [-0.4, -0.2) is 45.2 Å². The highest BCUT2D eigenvalue weighted by atomic mass is 19.3. The van der Waals surface area contributed by atoms with Crippen LogP contribution in [0.1, 0.15) is 37.7 Å². The molecule has 0 bridgehead atoms. The number of aromatic nitrogens is 4. The Balaban J connectivity index is 1.38. The molecule has 1 aliphatic rings. The van der Waals surface area contributed by atoms with E-state index in [1.54, 1.807) is 18.2 Å². The van der Waals surface area contributed by atoms with E-state index >= 15 is 8.78 Å². The average molecular weight is 515 g/mol. The summed E-state index contributed by atoms with van der Waals surface area (Å²) in [5.74, 6) is -4.48. The number of anilines is 2. The first-order valence-electron chi connectivity index (χ1n) is 11.4. The van der Waals surface area contributed by atoms with E-state index in [4.69, 9.17) is 10.00 Å². The van der Waals surface area contributed by atoms with E-state index in [0.717, 1.165) is 6.07 Å². The van der Waals surface area contributed by atoms with Crippen molar-refractivity contribution in [3.05, 3.63) is 95.1 Å². The molecule has 5 rings (SSSR count). The highest BCUT2D eigenvalue weighted by molar-refractivity contribution is 6.15. The first-order valence-corrected chi connectivity index (χ1v) is 11.4. The van der Waals surface area contributed by atoms with Crippen molar-refractivity contribution < 1.29 is 23.1 Å². The standard InChI is InChI=1S/C26H19F2N7O3/c1-38-25-30-10-9-21(33-25)26(27,28)17-5-7-19(8-6-17)34-11-12-35-22(24(34)37)20(15-31-35)23(36)32-18-4-2-3-16(13-18)14-29/h2-10,13,15H,11-12H2,1H3,(H,32,36). The second-order valence-electron chi connectivity index (χ2n) is 8.28. The third-order valence-corrected chi connectivity index (χ3v) is 6.00. The molecule has 2 aromatic carbocycles. The van der Waals surface area contributed by atoms with Gasteiger partial charge in [-0.15, -0.1) is 0 Å². The van der Waals surface area contributed by atoms with E-state index in [1.165, 1.54) is 59.4 Å². The first-order chi connectivity index (χ1) is 18.3. The number of nitrogens with one attached hydrogen (secondary N) is 1. The minimum atomic E-state index is -3.42. The molecule has 0 aliphatic carbocycles. The van der Waals surface area contributed by atoms with Crippen molar-refractivity contribution in [3.8, 4) is 12.1 Å². The molecule has 0 unspecified atom stereocenters. The smallest absolute Gasteiger partial charge is 0.316 e. The molecule has 4 aromatic rings. The Morgan fingerprint density at radius 2 is 1.95 bits per heavy atom. The Kier molecular flexibility index (Phi) is 6.26. The minimum absolute atomic E-state index is 0.0583. The molecule has 10 nitrogen and oxygen atoms in total. The number of alkyl halides is 2. The number of nitriles is 1. The number of hydrogen-bond acceptors (Lipinski definition) is 7. The van der Waals surface area contributed by atoms with Gasteiger partial charge in [-0.3, -0.25) is 14.3 Å². The fourth-order valence-corrected chi connectivity index (χ4v) is 4.09. The summed E-state index contributed by atoms with van der Waals surface area (Å²) in [4.78, 5) is 35.2. The number of benzene rings is 2. The zero-order valence-electron chi connectivity index (χ0n) is 19.9. The number of halogens is 2. The Bertz CT molecular complexity index is 1580. The van der Waals surface area contributed by atoms with Gasteiger partial charge in [0.25, 0.3) is 11.8 Å². The van der Waals surface area contributed by atoms with E-state index < -0.39 is 23.4 Å². The van der Waals surface area contributed by atoms with E-state index in [9.17, 15) is 9.59 Å². The molecule has 2 aromatic heterocycles. The predicted molar refractivity (Wildman–Crippen MR) is 131 cm³/mol. The van der Waals surface area contributed by atoms with Crippen LogP contribution in [0.4, 0.5) is 20.2 Å². The maximum absolute atomic E-state index is 15.1. The van der Waals surface area contributed by atoms with Crippen LogP contribution >= 0.6 is 0 Å². The number of amides is 2. The van der Waals surface area contributed by atoms with Gasteiger partial charge >= 0.3 is 11.9 Å². The maximum atomic E-state index is 15.1. The third kappa shape index (κ3) is 4.41. The molecule has 0 saturated heterocycles. The molecule has 1 N–H and O–H groups in total. The highest BCUT2D eigenvalue weighted by Crippen LogP contribution is 2.36. The maximum Gasteiger partial charge on any atom is 0.316 e. The molecular weight excluding hydrogens is 496 g/mol. The van der Waals surface area contributed by atoms with E-state index in [0.29, 0.717) is 23.5 Å². The summed E-state index contributed by atoms with van der Waals surface area (Å²) in [6.45, 7) is 0.536. The lowest BCUT2D eigenvalue weighted by Crippen LogP contribution is -2.41. The van der Waals surface area contributed by atoms with Crippen LogP contribution in [0.2, 0.25) is 0 Å². The lowest BCUT2D eigenvalue weighted by atomic mass is 10.0. The Hall–Kier alpha value is -5.18. The van der Waals surface area contributed by atoms with Crippen molar-refractivity contribution in [2.75, 3.05) is 23.9 Å². The molecule has 38 heavy (non-hydrogen) atoms. The van der Waals surface area contributed by atoms with Crippen LogP contribution in [-0.2, 0) is 12.5 Å². The van der Waals surface area contributed by atoms with Gasteiger partial charge in [-0.25, -0.2) is 4.98 Å². The predicted octanol–water partition coefficient (Wildman–Crippen LogP) is 3.61. The van der Waals surface area contributed by atoms with Crippen molar-refractivity contribution in [1.82, 2.24) is 19.7 Å². The van der Waals surface area contributed by atoms with Crippen LogP contribution < -0.4 is 15.0 Å². The molecule has 2 amide bonds. The number of carbonyl (C=O) groups excluding carboxylic acids is 2. The summed E-state index contributed by atoms with van der Waals surface area (Å²) < 4.78 is 36.4. The summed E-state index contributed by atoms with van der Waals surface area (Å²) in [6.07, 6.45) is 2.49. The van der Waals surface area contributed by atoms with Gasteiger partial charge in [-0.1, -0.05) is 18.2 Å². The molecule has 0 radical (unpaired) electrons. The summed E-state index contributed by atoms with van der Waals surface area (Å²) in [6, 6.07) is 14.6. The SMILES string of the molecule is COc1nccc(C(F)(F)c2ccc(N3CCn4ncc(C(=O)Nc5cccc(C#N)c5)c4C3=O)cc2)n1. The molecule has 3 heterocycles. The van der Waals surface area contributed by atoms with E-state index in [2.05, 4.69) is 20.4 Å². The monoisotopic (exact) mass is 515 g/mol. The Labute approximate surface area is 215 Å². The average Bonchev–Trinajstić information content (AvgIpc) is 3.39. The zero-order valence-corrected chi connectivity index (χ0v) is 19.9. The molecule has 0 fully saturated rings. The van der Waals surface area contributed by atoms with Gasteiger partial charge in [0, 0.05) is 29.7 Å². The Morgan fingerprint density at radius 1 is 1.16 bits per heavy atom. The van der Waals surface area contributed by atoms with Crippen molar-refractivity contribution in [2.45, 2.75) is 12.5 Å². The Morgan fingerprint density at radius 3 is 2.68 bits per heavy atom. The van der Waals surface area contributed by atoms with Crippen molar-refractivity contribution in [1.29, 1.82) is 5.26 Å². The van der Waals surface area contributed by atoms with Crippen LogP contribution in [0.3, 0.4) is 0 Å². The minimum Gasteiger partial charge on any atom is -0.467 e. The van der Waals surface area contributed by atoms with Crippen LogP contribution in [0, 0.1) is 11.3 Å². The van der Waals surface area contributed by atoms with Crippen LogP contribution in [0.15, 0.2) is 67.0 Å². The molecule has 0 spiro atoms. The van der Waals surface area contributed by atoms with Crippen molar-refractivity contribution >= 4 is 23.2 Å². The molecular formula is C26H19F2N7O3. The number of nitrogens with zero attached hydrogens (tertiary/aromatic N) is 6. The van der Waals surface area contributed by atoms with E-state index in [1.807, 2.05) is 6.07 Å². The number of carbonyl (C=O) groups is 2. The summed E-state index contributed by atoms with van der Waals surface area (Å²) >= 11 is 0. The lowest BCUT2D eigenvalue weighted by Gasteiger charge is -2.28. The van der Waals surface area contributed by atoms with Gasteiger partial charge in [0.15, 0.2) is 0 Å². The first kappa shape index (κ1) is 24.5. The van der Waals surface area contributed by atoms with Gasteiger partial charge in [-0.05, 0) is 36.4 Å². The largest absolute Gasteiger partial charge is 0.467 e. The second kappa shape index (κ2) is 9.70. The van der Waals surface area contributed by atoms with Gasteiger partial charge < -0.3 is 15.0 Å². The fraction of sp³-hybridized carbons (Fsp3) is 0.154. The number of hydrogen-bond donors (Lipinski definition) is 1. The fourth-order valence-electron chi connectivity index (χ4n) is 4.09. The number of fused-ring (bicyclic) bond motifs is 1. The van der Waals surface area contributed by atoms with Crippen molar-refractivity contribution in [2.24, 2.45) is 0 Å². The normalized spacial score (nSPS) is 13.0. The summed E-state index contributed by atoms with van der Waals surface area (Å²) in [5.41, 5.74) is 0.440. The summed E-state index contributed by atoms with van der Waals surface area (Å²) in [5, 5.41) is 15.9. The van der Waals surface area contributed by atoms with Crippen LogP contribution in [0.25, 0.3) is 0 Å². The van der Waals surface area contributed by atoms with Crippen LogP contribution in [0.5, 0.6) is 6.01 Å². The molecule has 190 valence electrons. The second-order valence-corrected chi connectivity index (χ2v) is 8.28. The quantitative estimate of drug-likeness (QED) is 0.416. The zero-order chi connectivity index (χ0) is 26.9. The van der Waals surface area contributed by atoms with Gasteiger partial charge in [0.2, 0.25) is 0 Å². The van der Waals surface area contributed by atoms with Gasteiger partial charge in [-0.2, -0.15) is 24.1 Å². The molecule has 0 atom stereocenters. The number of rotatable bonds is 6. The van der Waals surface area contributed by atoms with Gasteiger partial charge in [0.05, 0.1) is 37.0 Å². The molecule has 1 aliphatic heterocycles. The lowest BCUT2D eigenvalue weighted by molar-refractivity contribution is 0.0371. The van der Waals surface area contributed by atoms with Gasteiger partial charge in [0.1, 0.15) is 11.4 Å². The molecule has 12 heteroatoms. The third-order valence-electron chi connectivity index (χ3n) is 6.00. The van der Waals surface area contributed by atoms with Crippen molar-refractivity contribution in [3.63, 3.8) is 0 Å². The highest BCUT2D eigenvalue weighted by Gasteiger charge is 2.37. The summed E-state index contributed by atoms with van der Waals surface area (Å²) in [7, 11) is 1.29. The van der Waals surface area contributed by atoms with E-state index in [-0.39, 0.29) is 29.4 Å².